The lowest BCUT2D eigenvalue weighted by Gasteiger charge is -2.19. The number of methoxy groups -OCH3 is 1. The first-order valence-corrected chi connectivity index (χ1v) is 12.2. The molecular weight excluding hydrogens is 454 g/mol. The molecule has 7 heteroatoms. The third-order valence-electron chi connectivity index (χ3n) is 6.85. The summed E-state index contributed by atoms with van der Waals surface area (Å²) in [5, 5.41) is 10.9. The summed E-state index contributed by atoms with van der Waals surface area (Å²) in [6.45, 7) is 5.10. The fourth-order valence-corrected chi connectivity index (χ4v) is 4.77. The number of amides is 1. The van der Waals surface area contributed by atoms with Crippen LogP contribution in [0.2, 0.25) is 0 Å². The zero-order valence-corrected chi connectivity index (χ0v) is 20.8. The lowest BCUT2D eigenvalue weighted by atomic mass is 10.1. The Kier molecular flexibility index (Phi) is 6.65. The van der Waals surface area contributed by atoms with Crippen molar-refractivity contribution < 1.29 is 19.4 Å². The zero-order chi connectivity index (χ0) is 25.2. The fraction of sp³-hybridized carbons (Fsp3) is 0.310. The molecule has 0 aliphatic carbocycles. The Balaban J connectivity index is 1.37. The van der Waals surface area contributed by atoms with Crippen LogP contribution in [0.4, 0.5) is 5.69 Å². The molecule has 1 N–H and O–H groups in total. The summed E-state index contributed by atoms with van der Waals surface area (Å²) in [4.78, 5) is 19.7. The standard InChI is InChI=1S/C29H31N3O4/c1-19-11-12-25(13-20(19)2)36-18-23(33)17-32-27-10-5-4-9-26(27)30-29(32)21-14-28(34)31(16-21)22-7-6-8-24(15-22)35-3/h4-13,15,21,23,33H,14,16-18H2,1-3H3/t21-,23-/m0/s1. The van der Waals surface area contributed by atoms with Crippen LogP contribution in [-0.4, -0.2) is 46.9 Å². The molecule has 3 aromatic carbocycles. The molecule has 5 rings (SSSR count). The van der Waals surface area contributed by atoms with Crippen LogP contribution in [0.5, 0.6) is 11.5 Å². The average Bonchev–Trinajstić information content (AvgIpc) is 3.45. The number of hydrogen-bond donors (Lipinski definition) is 1. The summed E-state index contributed by atoms with van der Waals surface area (Å²) in [7, 11) is 1.62. The number of carbonyl (C=O) groups is 1. The van der Waals surface area contributed by atoms with Gasteiger partial charge in [-0.2, -0.15) is 0 Å². The largest absolute Gasteiger partial charge is 0.497 e. The minimum atomic E-state index is -0.741. The zero-order valence-electron chi connectivity index (χ0n) is 20.8. The van der Waals surface area contributed by atoms with Crippen molar-refractivity contribution in [1.82, 2.24) is 9.55 Å². The van der Waals surface area contributed by atoms with Gasteiger partial charge in [-0.1, -0.05) is 24.3 Å². The molecule has 36 heavy (non-hydrogen) atoms. The lowest BCUT2D eigenvalue weighted by molar-refractivity contribution is -0.117. The third-order valence-corrected chi connectivity index (χ3v) is 6.85. The number of rotatable bonds is 8. The van der Waals surface area contributed by atoms with Crippen LogP contribution in [0, 0.1) is 13.8 Å². The normalized spacial score (nSPS) is 16.5. The van der Waals surface area contributed by atoms with E-state index < -0.39 is 6.10 Å². The van der Waals surface area contributed by atoms with Crippen LogP contribution < -0.4 is 14.4 Å². The first-order valence-electron chi connectivity index (χ1n) is 12.2. The number of nitrogens with zero attached hydrogens (tertiary/aromatic N) is 3. The molecule has 186 valence electrons. The first kappa shape index (κ1) is 23.9. The number of aromatic nitrogens is 2. The summed E-state index contributed by atoms with van der Waals surface area (Å²) < 4.78 is 13.3. The van der Waals surface area contributed by atoms with Gasteiger partial charge in [0, 0.05) is 30.6 Å². The Bertz CT molecular complexity index is 1400. The predicted molar refractivity (Wildman–Crippen MR) is 140 cm³/mol. The molecular formula is C29H31N3O4. The SMILES string of the molecule is COc1cccc(N2C[C@@H](c3nc4ccccc4n3C[C@H](O)COc3ccc(C)c(C)c3)CC2=O)c1. The van der Waals surface area contributed by atoms with Gasteiger partial charge in [0.2, 0.25) is 5.91 Å². The molecule has 1 saturated heterocycles. The maximum Gasteiger partial charge on any atom is 0.227 e. The number of anilines is 1. The quantitative estimate of drug-likeness (QED) is 0.394. The van der Waals surface area contributed by atoms with Crippen LogP contribution in [0.25, 0.3) is 11.0 Å². The van der Waals surface area contributed by atoms with E-state index in [-0.39, 0.29) is 18.4 Å². The second kappa shape index (κ2) is 10.0. The minimum Gasteiger partial charge on any atom is -0.497 e. The molecule has 2 atom stereocenters. The van der Waals surface area contributed by atoms with Gasteiger partial charge < -0.3 is 24.0 Å². The minimum absolute atomic E-state index is 0.0467. The molecule has 7 nitrogen and oxygen atoms in total. The second-order valence-electron chi connectivity index (χ2n) is 9.39. The average molecular weight is 486 g/mol. The smallest absolute Gasteiger partial charge is 0.227 e. The Morgan fingerprint density at radius 2 is 1.86 bits per heavy atom. The molecule has 1 amide bonds. The molecule has 1 aromatic heterocycles. The monoisotopic (exact) mass is 485 g/mol. The molecule has 1 aliphatic heterocycles. The summed E-state index contributed by atoms with van der Waals surface area (Å²) in [5.41, 5.74) is 4.95. The summed E-state index contributed by atoms with van der Waals surface area (Å²) >= 11 is 0. The highest BCUT2D eigenvalue weighted by Crippen LogP contribution is 2.34. The highest BCUT2D eigenvalue weighted by molar-refractivity contribution is 5.96. The van der Waals surface area contributed by atoms with Gasteiger partial charge in [0.05, 0.1) is 24.7 Å². The number of aliphatic hydroxyl groups excluding tert-OH is 1. The van der Waals surface area contributed by atoms with E-state index in [0.29, 0.717) is 25.3 Å². The van der Waals surface area contributed by atoms with Crippen LogP contribution in [0.3, 0.4) is 0 Å². The Morgan fingerprint density at radius 3 is 2.67 bits per heavy atom. The number of aryl methyl sites for hydroxylation is 2. The van der Waals surface area contributed by atoms with E-state index in [0.717, 1.165) is 33.9 Å². The number of fused-ring (bicyclic) bond motifs is 1. The number of ether oxygens (including phenoxy) is 2. The number of para-hydroxylation sites is 2. The van der Waals surface area contributed by atoms with Crippen molar-refractivity contribution in [2.45, 2.75) is 38.8 Å². The summed E-state index contributed by atoms with van der Waals surface area (Å²) in [6.07, 6.45) is -0.384. The predicted octanol–water partition coefficient (Wildman–Crippen LogP) is 4.62. The molecule has 1 fully saturated rings. The van der Waals surface area contributed by atoms with Crippen molar-refractivity contribution in [3.05, 3.63) is 83.7 Å². The Labute approximate surface area is 210 Å². The van der Waals surface area contributed by atoms with Gasteiger partial charge in [-0.25, -0.2) is 4.98 Å². The maximum atomic E-state index is 13.0. The van der Waals surface area contributed by atoms with Crippen molar-refractivity contribution >= 4 is 22.6 Å². The van der Waals surface area contributed by atoms with Gasteiger partial charge in [0.25, 0.3) is 0 Å². The molecule has 1 aliphatic rings. The highest BCUT2D eigenvalue weighted by Gasteiger charge is 2.35. The van der Waals surface area contributed by atoms with Gasteiger partial charge >= 0.3 is 0 Å². The number of hydrogen-bond acceptors (Lipinski definition) is 5. The second-order valence-corrected chi connectivity index (χ2v) is 9.39. The van der Waals surface area contributed by atoms with E-state index in [2.05, 4.69) is 6.92 Å². The number of imidazole rings is 1. The Hall–Kier alpha value is -3.84. The van der Waals surface area contributed by atoms with E-state index in [1.807, 2.05) is 78.2 Å². The summed E-state index contributed by atoms with van der Waals surface area (Å²) in [5.74, 6) is 2.21. The van der Waals surface area contributed by atoms with E-state index in [1.54, 1.807) is 12.0 Å². The molecule has 2 heterocycles. The van der Waals surface area contributed by atoms with Crippen molar-refractivity contribution in [3.63, 3.8) is 0 Å². The Morgan fingerprint density at radius 1 is 1.03 bits per heavy atom. The van der Waals surface area contributed by atoms with Gasteiger partial charge in [-0.15, -0.1) is 0 Å². The molecule has 0 radical (unpaired) electrons. The topological polar surface area (TPSA) is 76.8 Å². The number of carbonyl (C=O) groups excluding carboxylic acids is 1. The fourth-order valence-electron chi connectivity index (χ4n) is 4.77. The van der Waals surface area contributed by atoms with Gasteiger partial charge in [0.15, 0.2) is 0 Å². The molecule has 4 aromatic rings. The highest BCUT2D eigenvalue weighted by atomic mass is 16.5. The van der Waals surface area contributed by atoms with Crippen molar-refractivity contribution in [2.24, 2.45) is 0 Å². The van der Waals surface area contributed by atoms with E-state index in [4.69, 9.17) is 14.5 Å². The van der Waals surface area contributed by atoms with Gasteiger partial charge in [-0.05, 0) is 61.4 Å². The molecule has 0 saturated carbocycles. The van der Waals surface area contributed by atoms with Crippen molar-refractivity contribution in [1.29, 1.82) is 0 Å². The molecule has 0 unspecified atom stereocenters. The van der Waals surface area contributed by atoms with Gasteiger partial charge in [-0.3, -0.25) is 4.79 Å². The van der Waals surface area contributed by atoms with Gasteiger partial charge in [0.1, 0.15) is 30.0 Å². The molecule has 0 bridgehead atoms. The van der Waals surface area contributed by atoms with Crippen molar-refractivity contribution in [2.75, 3.05) is 25.2 Å². The number of aliphatic hydroxyl groups is 1. The molecule has 0 spiro atoms. The van der Waals surface area contributed by atoms with Crippen LogP contribution in [0.15, 0.2) is 66.7 Å². The summed E-state index contributed by atoms with van der Waals surface area (Å²) in [6, 6.07) is 21.3. The van der Waals surface area contributed by atoms with Crippen molar-refractivity contribution in [3.8, 4) is 11.5 Å². The maximum absolute atomic E-state index is 13.0. The van der Waals surface area contributed by atoms with E-state index >= 15 is 0 Å². The van der Waals surface area contributed by atoms with E-state index in [9.17, 15) is 9.90 Å². The van der Waals surface area contributed by atoms with Crippen LogP contribution in [-0.2, 0) is 11.3 Å². The van der Waals surface area contributed by atoms with Crippen LogP contribution in [0.1, 0.15) is 29.3 Å². The lowest BCUT2D eigenvalue weighted by Crippen LogP contribution is -2.26. The van der Waals surface area contributed by atoms with Crippen LogP contribution >= 0.6 is 0 Å². The number of benzene rings is 3. The first-order chi connectivity index (χ1) is 17.4. The van der Waals surface area contributed by atoms with E-state index in [1.165, 1.54) is 5.56 Å². The third kappa shape index (κ3) is 4.79.